The van der Waals surface area contributed by atoms with E-state index >= 15 is 0 Å². The number of pyridine rings is 1. The summed E-state index contributed by atoms with van der Waals surface area (Å²) in [5.74, 6) is -0.238. The van der Waals surface area contributed by atoms with Crippen LogP contribution in [0.25, 0.3) is 5.65 Å². The number of imidazole rings is 1. The summed E-state index contributed by atoms with van der Waals surface area (Å²) in [6, 6.07) is 13.5. The van der Waals surface area contributed by atoms with Gasteiger partial charge in [0, 0.05) is 32.3 Å². The number of aromatic nitrogens is 2. The molecule has 158 valence electrons. The van der Waals surface area contributed by atoms with Crippen molar-refractivity contribution in [2.45, 2.75) is 33.2 Å². The smallest absolute Gasteiger partial charge is 0.270 e. The van der Waals surface area contributed by atoms with Gasteiger partial charge in [0.15, 0.2) is 0 Å². The van der Waals surface area contributed by atoms with Crippen LogP contribution in [0.5, 0.6) is 0 Å². The van der Waals surface area contributed by atoms with Gasteiger partial charge in [0.05, 0.1) is 12.3 Å². The molecule has 0 radical (unpaired) electrons. The van der Waals surface area contributed by atoms with Crippen LogP contribution < -0.4 is 5.32 Å². The van der Waals surface area contributed by atoms with Crippen molar-refractivity contribution >= 4 is 17.5 Å². The van der Waals surface area contributed by atoms with Crippen molar-refractivity contribution in [1.29, 1.82) is 0 Å². The zero-order chi connectivity index (χ0) is 21.5. The monoisotopic (exact) mass is 408 g/mol. The number of hydrogen-bond acceptors (Lipinski definition) is 4. The molecule has 0 fully saturated rings. The largest absolute Gasteiger partial charge is 0.395 e. The fourth-order valence-electron chi connectivity index (χ4n) is 3.49. The second-order valence-corrected chi connectivity index (χ2v) is 7.31. The van der Waals surface area contributed by atoms with Crippen LogP contribution in [-0.4, -0.2) is 50.9 Å². The Balaban J connectivity index is 1.53. The van der Waals surface area contributed by atoms with Crippen molar-refractivity contribution in [3.8, 4) is 0 Å². The van der Waals surface area contributed by atoms with Crippen LogP contribution in [0.2, 0.25) is 0 Å². The van der Waals surface area contributed by atoms with Gasteiger partial charge in [-0.25, -0.2) is 4.98 Å². The van der Waals surface area contributed by atoms with Crippen molar-refractivity contribution in [2.24, 2.45) is 0 Å². The Morgan fingerprint density at radius 1 is 1.13 bits per heavy atom. The maximum absolute atomic E-state index is 12.7. The highest BCUT2D eigenvalue weighted by atomic mass is 16.3. The number of nitrogens with one attached hydrogen (secondary N) is 1. The Bertz CT molecular complexity index is 1010. The van der Waals surface area contributed by atoms with E-state index in [0.717, 1.165) is 16.8 Å². The van der Waals surface area contributed by atoms with Gasteiger partial charge in [-0.3, -0.25) is 14.0 Å². The number of aryl methyl sites for hydroxylation is 2. The number of rotatable bonds is 9. The highest BCUT2D eigenvalue weighted by Crippen LogP contribution is 2.15. The van der Waals surface area contributed by atoms with E-state index in [1.54, 1.807) is 9.30 Å². The summed E-state index contributed by atoms with van der Waals surface area (Å²) >= 11 is 0. The van der Waals surface area contributed by atoms with Crippen LogP contribution in [0, 0.1) is 13.8 Å². The van der Waals surface area contributed by atoms with Crippen LogP contribution in [-0.2, 0) is 11.3 Å². The molecule has 0 spiro atoms. The van der Waals surface area contributed by atoms with Gasteiger partial charge in [-0.15, -0.1) is 0 Å². The van der Waals surface area contributed by atoms with E-state index in [-0.39, 0.29) is 18.4 Å². The first-order valence-corrected chi connectivity index (χ1v) is 10.2. The number of carbonyl (C=O) groups is 2. The molecule has 0 saturated heterocycles. The third-order valence-electron chi connectivity index (χ3n) is 5.03. The number of carbonyl (C=O) groups excluding carboxylic acids is 2. The standard InChI is InChI=1S/C23H28N4O3/c1-17-8-7-13-27-21(18(2)25-22(17)27)23(30)24-12-6-11-20(29)26(14-15-28)16-19-9-4-3-5-10-19/h3-5,7-10,13,28H,6,11-12,14-16H2,1-2H3,(H,24,30). The molecule has 2 aromatic heterocycles. The lowest BCUT2D eigenvalue weighted by Crippen LogP contribution is -2.34. The van der Waals surface area contributed by atoms with Crippen LogP contribution in [0.4, 0.5) is 0 Å². The third kappa shape index (κ3) is 5.04. The molecule has 0 aliphatic carbocycles. The molecule has 3 rings (SSSR count). The highest BCUT2D eigenvalue weighted by Gasteiger charge is 2.18. The average Bonchev–Trinajstić information content (AvgIpc) is 3.08. The van der Waals surface area contributed by atoms with E-state index in [2.05, 4.69) is 10.3 Å². The SMILES string of the molecule is Cc1nc2c(C)cccn2c1C(=O)NCCCC(=O)N(CCO)Cc1ccccc1. The van der Waals surface area contributed by atoms with E-state index in [4.69, 9.17) is 0 Å². The molecule has 0 bridgehead atoms. The van der Waals surface area contributed by atoms with Gasteiger partial charge >= 0.3 is 0 Å². The number of hydrogen-bond donors (Lipinski definition) is 2. The molecular formula is C23H28N4O3. The topological polar surface area (TPSA) is 86.9 Å². The minimum atomic E-state index is -0.199. The molecule has 7 nitrogen and oxygen atoms in total. The van der Waals surface area contributed by atoms with E-state index in [9.17, 15) is 14.7 Å². The Labute approximate surface area is 176 Å². The van der Waals surface area contributed by atoms with E-state index in [1.807, 2.05) is 62.5 Å². The number of nitrogens with zero attached hydrogens (tertiary/aromatic N) is 3. The van der Waals surface area contributed by atoms with E-state index in [1.165, 1.54) is 0 Å². The fraction of sp³-hybridized carbons (Fsp3) is 0.348. The maximum Gasteiger partial charge on any atom is 0.270 e. The lowest BCUT2D eigenvalue weighted by Gasteiger charge is -2.22. The summed E-state index contributed by atoms with van der Waals surface area (Å²) in [5, 5.41) is 12.2. The van der Waals surface area contributed by atoms with Crippen molar-refractivity contribution in [1.82, 2.24) is 19.6 Å². The van der Waals surface area contributed by atoms with Crippen molar-refractivity contribution < 1.29 is 14.7 Å². The molecule has 2 heterocycles. The highest BCUT2D eigenvalue weighted by molar-refractivity contribution is 5.94. The second kappa shape index (κ2) is 10.0. The number of aliphatic hydroxyl groups excluding tert-OH is 1. The van der Waals surface area contributed by atoms with Crippen LogP contribution in [0.15, 0.2) is 48.7 Å². The maximum atomic E-state index is 12.7. The average molecular weight is 409 g/mol. The number of benzene rings is 1. The van der Waals surface area contributed by atoms with E-state index in [0.29, 0.717) is 43.9 Å². The predicted molar refractivity (Wildman–Crippen MR) is 115 cm³/mol. The molecule has 2 amide bonds. The quantitative estimate of drug-likeness (QED) is 0.533. The van der Waals surface area contributed by atoms with Gasteiger partial charge < -0.3 is 15.3 Å². The molecule has 0 saturated carbocycles. The Morgan fingerprint density at radius 3 is 2.63 bits per heavy atom. The molecular weight excluding hydrogens is 380 g/mol. The normalized spacial score (nSPS) is 10.9. The summed E-state index contributed by atoms with van der Waals surface area (Å²) in [4.78, 5) is 31.4. The zero-order valence-electron chi connectivity index (χ0n) is 17.5. The number of amides is 2. The first-order chi connectivity index (χ1) is 14.5. The zero-order valence-corrected chi connectivity index (χ0v) is 17.5. The Kier molecular flexibility index (Phi) is 7.19. The molecule has 7 heteroatoms. The van der Waals surface area contributed by atoms with Gasteiger partial charge in [0.1, 0.15) is 11.3 Å². The summed E-state index contributed by atoms with van der Waals surface area (Å²) < 4.78 is 1.80. The molecule has 0 aliphatic heterocycles. The number of aliphatic hydroxyl groups is 1. The summed E-state index contributed by atoms with van der Waals surface area (Å²) in [6.45, 7) is 4.85. The van der Waals surface area contributed by atoms with Gasteiger partial charge in [-0.2, -0.15) is 0 Å². The lowest BCUT2D eigenvalue weighted by atomic mass is 10.2. The third-order valence-corrected chi connectivity index (χ3v) is 5.03. The van der Waals surface area contributed by atoms with Gasteiger partial charge in [-0.05, 0) is 37.5 Å². The molecule has 2 N–H and O–H groups in total. The van der Waals surface area contributed by atoms with Crippen molar-refractivity contribution in [3.05, 3.63) is 71.2 Å². The first kappa shape index (κ1) is 21.5. The Morgan fingerprint density at radius 2 is 1.90 bits per heavy atom. The first-order valence-electron chi connectivity index (χ1n) is 10.2. The minimum absolute atomic E-state index is 0.0382. The summed E-state index contributed by atoms with van der Waals surface area (Å²) in [5.41, 5.74) is 4.00. The molecule has 1 aromatic carbocycles. The summed E-state index contributed by atoms with van der Waals surface area (Å²) in [7, 11) is 0. The van der Waals surface area contributed by atoms with E-state index < -0.39 is 0 Å². The van der Waals surface area contributed by atoms with Gasteiger partial charge in [-0.1, -0.05) is 36.4 Å². The van der Waals surface area contributed by atoms with Crippen LogP contribution in [0.3, 0.4) is 0 Å². The molecule has 3 aromatic rings. The lowest BCUT2D eigenvalue weighted by molar-refractivity contribution is -0.132. The predicted octanol–water partition coefficient (Wildman–Crippen LogP) is 2.48. The fourth-order valence-corrected chi connectivity index (χ4v) is 3.49. The molecule has 30 heavy (non-hydrogen) atoms. The van der Waals surface area contributed by atoms with Gasteiger partial charge in [0.25, 0.3) is 5.91 Å². The van der Waals surface area contributed by atoms with Crippen LogP contribution >= 0.6 is 0 Å². The molecule has 0 atom stereocenters. The minimum Gasteiger partial charge on any atom is -0.395 e. The molecule has 0 unspecified atom stereocenters. The second-order valence-electron chi connectivity index (χ2n) is 7.31. The van der Waals surface area contributed by atoms with Crippen LogP contribution in [0.1, 0.15) is 40.2 Å². The van der Waals surface area contributed by atoms with Gasteiger partial charge in [0.2, 0.25) is 5.91 Å². The number of fused-ring (bicyclic) bond motifs is 1. The Hall–Kier alpha value is -3.19. The molecule has 0 aliphatic rings. The van der Waals surface area contributed by atoms with Crippen molar-refractivity contribution in [3.63, 3.8) is 0 Å². The summed E-state index contributed by atoms with van der Waals surface area (Å²) in [6.07, 6.45) is 2.66. The van der Waals surface area contributed by atoms with Crippen molar-refractivity contribution in [2.75, 3.05) is 19.7 Å².